The number of hydrogen-bond acceptors (Lipinski definition) is 2. The molecule has 0 unspecified atom stereocenters. The molecular formula is C15H10F6N2O. The maximum absolute atomic E-state index is 13.0. The van der Waals surface area contributed by atoms with Crippen LogP contribution < -0.4 is 5.73 Å². The molecule has 0 aliphatic heterocycles. The lowest BCUT2D eigenvalue weighted by Crippen LogP contribution is -2.14. The summed E-state index contributed by atoms with van der Waals surface area (Å²) in [5, 5.41) is 9.61. The van der Waals surface area contributed by atoms with Gasteiger partial charge in [0.05, 0.1) is 22.4 Å². The smallest absolute Gasteiger partial charge is 0.418 e. The molecule has 2 aromatic carbocycles. The molecule has 0 aliphatic rings. The largest absolute Gasteiger partial charge is 0.507 e. The van der Waals surface area contributed by atoms with Gasteiger partial charge in [-0.25, -0.2) is 4.99 Å². The van der Waals surface area contributed by atoms with Gasteiger partial charge in [0.1, 0.15) is 11.6 Å². The minimum atomic E-state index is -4.91. The van der Waals surface area contributed by atoms with Gasteiger partial charge in [0.15, 0.2) is 0 Å². The molecule has 0 amide bonds. The first-order valence-electron chi connectivity index (χ1n) is 6.41. The molecule has 9 heteroatoms. The summed E-state index contributed by atoms with van der Waals surface area (Å²) in [6.07, 6.45) is -9.75. The lowest BCUT2D eigenvalue weighted by molar-refractivity contribution is -0.140. The minimum absolute atomic E-state index is 0.0944. The number of para-hydroxylation sites is 1. The lowest BCUT2D eigenvalue weighted by atomic mass is 10.1. The molecular weight excluding hydrogens is 338 g/mol. The molecule has 3 N–H and O–H groups in total. The van der Waals surface area contributed by atoms with Crippen LogP contribution in [0.15, 0.2) is 47.5 Å². The topological polar surface area (TPSA) is 58.6 Å². The Bertz CT molecular complexity index is 780. The number of aliphatic imine (C=N–C) groups is 1. The maximum Gasteiger partial charge on any atom is 0.418 e. The first-order valence-corrected chi connectivity index (χ1v) is 6.41. The fourth-order valence-corrected chi connectivity index (χ4v) is 1.92. The van der Waals surface area contributed by atoms with Crippen molar-refractivity contribution in [1.82, 2.24) is 0 Å². The van der Waals surface area contributed by atoms with Crippen LogP contribution >= 0.6 is 0 Å². The van der Waals surface area contributed by atoms with Crippen LogP contribution in [0.3, 0.4) is 0 Å². The second-order valence-electron chi connectivity index (χ2n) is 4.74. The Labute approximate surface area is 132 Å². The number of phenolic OH excluding ortho intramolecular Hbond substituents is 1. The SMILES string of the molecule is NC(=Nc1cc(C(F)(F)F)ccc1C(F)(F)F)c1ccccc1O. The highest BCUT2D eigenvalue weighted by molar-refractivity contribution is 6.01. The van der Waals surface area contributed by atoms with Crippen molar-refractivity contribution in [3.63, 3.8) is 0 Å². The maximum atomic E-state index is 13.0. The molecule has 0 bridgehead atoms. The third kappa shape index (κ3) is 3.79. The quantitative estimate of drug-likeness (QED) is 0.478. The van der Waals surface area contributed by atoms with Crippen molar-refractivity contribution in [2.75, 3.05) is 0 Å². The summed E-state index contributed by atoms with van der Waals surface area (Å²) >= 11 is 0. The van der Waals surface area contributed by atoms with Crippen LogP contribution in [0.4, 0.5) is 32.0 Å². The zero-order valence-corrected chi connectivity index (χ0v) is 11.8. The Morgan fingerprint density at radius 1 is 0.917 bits per heavy atom. The van der Waals surface area contributed by atoms with Crippen LogP contribution in [0.1, 0.15) is 16.7 Å². The second-order valence-corrected chi connectivity index (χ2v) is 4.74. The van der Waals surface area contributed by atoms with Gasteiger partial charge in [0, 0.05) is 0 Å². The van der Waals surface area contributed by atoms with Crippen molar-refractivity contribution in [3.8, 4) is 5.75 Å². The van der Waals surface area contributed by atoms with Gasteiger partial charge >= 0.3 is 12.4 Å². The summed E-state index contributed by atoms with van der Waals surface area (Å²) in [4.78, 5) is 3.45. The average molecular weight is 348 g/mol. The minimum Gasteiger partial charge on any atom is -0.507 e. The zero-order chi connectivity index (χ0) is 18.1. The van der Waals surface area contributed by atoms with E-state index in [0.717, 1.165) is 0 Å². The normalized spacial score (nSPS) is 13.2. The Balaban J connectivity index is 2.62. The van der Waals surface area contributed by atoms with Crippen LogP contribution in [0.25, 0.3) is 0 Å². The first-order chi connectivity index (χ1) is 11.0. The number of hydrogen-bond donors (Lipinski definition) is 2. The summed E-state index contributed by atoms with van der Waals surface area (Å²) in [7, 11) is 0. The van der Waals surface area contributed by atoms with Crippen molar-refractivity contribution in [2.45, 2.75) is 12.4 Å². The number of benzene rings is 2. The summed E-state index contributed by atoms with van der Waals surface area (Å²) in [5.74, 6) is -0.905. The van der Waals surface area contributed by atoms with Crippen molar-refractivity contribution in [1.29, 1.82) is 0 Å². The Hall–Kier alpha value is -2.71. The van der Waals surface area contributed by atoms with E-state index in [1.807, 2.05) is 0 Å². The molecule has 0 saturated heterocycles. The molecule has 2 aromatic rings. The molecule has 0 aliphatic carbocycles. The summed E-state index contributed by atoms with van der Waals surface area (Å²) in [6.45, 7) is 0. The lowest BCUT2D eigenvalue weighted by Gasteiger charge is -2.14. The van der Waals surface area contributed by atoms with Crippen LogP contribution in [-0.4, -0.2) is 10.9 Å². The number of phenols is 1. The molecule has 24 heavy (non-hydrogen) atoms. The second kappa shape index (κ2) is 6.06. The van der Waals surface area contributed by atoms with Crippen molar-refractivity contribution in [2.24, 2.45) is 10.7 Å². The number of halogens is 6. The Morgan fingerprint density at radius 3 is 2.08 bits per heavy atom. The van der Waals surface area contributed by atoms with Crippen LogP contribution in [0, 0.1) is 0 Å². The third-order valence-electron chi connectivity index (χ3n) is 3.05. The van der Waals surface area contributed by atoms with E-state index in [0.29, 0.717) is 12.1 Å². The van der Waals surface area contributed by atoms with E-state index >= 15 is 0 Å². The fraction of sp³-hybridized carbons (Fsp3) is 0.133. The molecule has 0 spiro atoms. The summed E-state index contributed by atoms with van der Waals surface area (Å²) < 4.78 is 77.1. The molecule has 0 radical (unpaired) electrons. The van der Waals surface area contributed by atoms with Crippen molar-refractivity contribution in [3.05, 3.63) is 59.2 Å². The highest BCUT2D eigenvalue weighted by atomic mass is 19.4. The number of rotatable bonds is 2. The predicted octanol–water partition coefficient (Wildman–Crippen LogP) is 4.47. The molecule has 0 atom stereocenters. The fourth-order valence-electron chi connectivity index (χ4n) is 1.92. The highest BCUT2D eigenvalue weighted by Crippen LogP contribution is 2.40. The van der Waals surface area contributed by atoms with Gasteiger partial charge in [-0.2, -0.15) is 26.3 Å². The van der Waals surface area contributed by atoms with E-state index in [4.69, 9.17) is 5.73 Å². The first kappa shape index (κ1) is 17.6. The van der Waals surface area contributed by atoms with Gasteiger partial charge in [0.2, 0.25) is 0 Å². The van der Waals surface area contributed by atoms with Crippen LogP contribution in [-0.2, 0) is 12.4 Å². The number of nitrogens with zero attached hydrogens (tertiary/aromatic N) is 1. The number of amidine groups is 1. The standard InChI is InChI=1S/C15H10F6N2O/c16-14(17,18)8-5-6-10(15(19,20)21)11(7-8)23-13(22)9-3-1-2-4-12(9)24/h1-7,24H,(H2,22,23). The average Bonchev–Trinajstić information content (AvgIpc) is 2.45. The van der Waals surface area contributed by atoms with Crippen LogP contribution in [0.5, 0.6) is 5.75 Å². The molecule has 0 saturated carbocycles. The number of aromatic hydroxyl groups is 1. The van der Waals surface area contributed by atoms with Gasteiger partial charge in [-0.05, 0) is 30.3 Å². The van der Waals surface area contributed by atoms with Crippen LogP contribution in [0.2, 0.25) is 0 Å². The van der Waals surface area contributed by atoms with Crippen molar-refractivity contribution >= 4 is 11.5 Å². The Kier molecular flexibility index (Phi) is 4.46. The van der Waals surface area contributed by atoms with Gasteiger partial charge in [-0.3, -0.25) is 0 Å². The van der Waals surface area contributed by atoms with Gasteiger partial charge < -0.3 is 10.8 Å². The predicted molar refractivity (Wildman–Crippen MR) is 74.9 cm³/mol. The zero-order valence-electron chi connectivity index (χ0n) is 11.8. The van der Waals surface area contributed by atoms with Gasteiger partial charge in [-0.1, -0.05) is 12.1 Å². The van der Waals surface area contributed by atoms with E-state index in [1.165, 1.54) is 24.3 Å². The van der Waals surface area contributed by atoms with E-state index in [1.54, 1.807) is 0 Å². The van der Waals surface area contributed by atoms with Crippen molar-refractivity contribution < 1.29 is 31.4 Å². The van der Waals surface area contributed by atoms with E-state index < -0.39 is 35.0 Å². The number of nitrogens with two attached hydrogens (primary N) is 1. The third-order valence-corrected chi connectivity index (χ3v) is 3.05. The summed E-state index contributed by atoms with van der Waals surface area (Å²) in [6, 6.07) is 6.24. The molecule has 2 rings (SSSR count). The highest BCUT2D eigenvalue weighted by Gasteiger charge is 2.37. The molecule has 128 valence electrons. The Morgan fingerprint density at radius 2 is 1.54 bits per heavy atom. The van der Waals surface area contributed by atoms with Gasteiger partial charge in [0.25, 0.3) is 0 Å². The molecule has 0 heterocycles. The van der Waals surface area contributed by atoms with E-state index in [9.17, 15) is 31.4 Å². The molecule has 0 fully saturated rings. The van der Waals surface area contributed by atoms with Gasteiger partial charge in [-0.15, -0.1) is 0 Å². The monoisotopic (exact) mass is 348 g/mol. The number of alkyl halides is 6. The summed E-state index contributed by atoms with van der Waals surface area (Å²) in [5.41, 5.74) is 1.80. The molecule has 3 nitrogen and oxygen atoms in total. The molecule has 0 aromatic heterocycles. The van der Waals surface area contributed by atoms with E-state index in [2.05, 4.69) is 4.99 Å². The van der Waals surface area contributed by atoms with E-state index in [-0.39, 0.29) is 17.4 Å².